The van der Waals surface area contributed by atoms with Gasteiger partial charge in [-0.2, -0.15) is 0 Å². The molecule has 3 nitrogen and oxygen atoms in total. The van der Waals surface area contributed by atoms with Gasteiger partial charge in [-0.25, -0.2) is 13.6 Å². The van der Waals surface area contributed by atoms with E-state index in [1.165, 1.54) is 0 Å². The van der Waals surface area contributed by atoms with Crippen LogP contribution < -0.4 is 5.32 Å². The van der Waals surface area contributed by atoms with E-state index in [0.29, 0.717) is 6.07 Å². The lowest BCUT2D eigenvalue weighted by atomic mass is 10.1. The van der Waals surface area contributed by atoms with Gasteiger partial charge in [-0.3, -0.25) is 0 Å². The lowest BCUT2D eigenvalue weighted by Crippen LogP contribution is -2.17. The van der Waals surface area contributed by atoms with Gasteiger partial charge >= 0.3 is 5.97 Å². The standard InChI is InChI=1S/C14H19F2NO2/c1-4-5-6-9(2)17-13-7-10(14(18)19-3)11(15)8-12(13)16/h7-9,17H,4-6H2,1-3H3. The van der Waals surface area contributed by atoms with Crippen molar-refractivity contribution in [2.45, 2.75) is 39.2 Å². The van der Waals surface area contributed by atoms with E-state index in [9.17, 15) is 13.6 Å². The molecule has 1 aromatic carbocycles. The number of hydrogen-bond donors (Lipinski definition) is 1. The first-order chi connectivity index (χ1) is 8.99. The second-order valence-corrected chi connectivity index (χ2v) is 4.49. The van der Waals surface area contributed by atoms with Crippen LogP contribution in [0.2, 0.25) is 0 Å². The Morgan fingerprint density at radius 1 is 1.37 bits per heavy atom. The second-order valence-electron chi connectivity index (χ2n) is 4.49. The van der Waals surface area contributed by atoms with Crippen molar-refractivity contribution in [2.75, 3.05) is 12.4 Å². The van der Waals surface area contributed by atoms with Crippen molar-refractivity contribution in [3.05, 3.63) is 29.3 Å². The molecule has 0 aromatic heterocycles. The van der Waals surface area contributed by atoms with Gasteiger partial charge in [-0.05, 0) is 19.4 Å². The number of methoxy groups -OCH3 is 1. The van der Waals surface area contributed by atoms with Crippen LogP contribution in [0.3, 0.4) is 0 Å². The van der Waals surface area contributed by atoms with Crippen LogP contribution in [0.5, 0.6) is 0 Å². The number of esters is 1. The van der Waals surface area contributed by atoms with Crippen LogP contribution in [-0.2, 0) is 4.74 Å². The van der Waals surface area contributed by atoms with E-state index in [4.69, 9.17) is 0 Å². The first kappa shape index (κ1) is 15.4. The molecule has 5 heteroatoms. The Hall–Kier alpha value is -1.65. The Balaban J connectivity index is 2.91. The molecule has 0 amide bonds. The number of benzene rings is 1. The lowest BCUT2D eigenvalue weighted by molar-refractivity contribution is 0.0595. The van der Waals surface area contributed by atoms with E-state index in [2.05, 4.69) is 17.0 Å². The number of anilines is 1. The molecule has 0 aliphatic rings. The molecule has 1 rings (SSSR count). The fraction of sp³-hybridized carbons (Fsp3) is 0.500. The number of ether oxygens (including phenoxy) is 1. The average Bonchev–Trinajstić information content (AvgIpc) is 2.38. The Labute approximate surface area is 112 Å². The highest BCUT2D eigenvalue weighted by molar-refractivity contribution is 5.90. The quantitative estimate of drug-likeness (QED) is 0.801. The third-order valence-electron chi connectivity index (χ3n) is 2.85. The molecule has 0 bridgehead atoms. The minimum absolute atomic E-state index is 0.0467. The second kappa shape index (κ2) is 7.07. The number of carbonyl (C=O) groups excluding carboxylic acids is 1. The van der Waals surface area contributed by atoms with Crippen molar-refractivity contribution in [1.29, 1.82) is 0 Å². The maximum absolute atomic E-state index is 13.6. The summed E-state index contributed by atoms with van der Waals surface area (Å²) in [5.74, 6) is -2.45. The molecule has 1 unspecified atom stereocenters. The van der Waals surface area contributed by atoms with Crippen LogP contribution in [-0.4, -0.2) is 19.1 Å². The first-order valence-electron chi connectivity index (χ1n) is 6.33. The molecule has 1 atom stereocenters. The number of nitrogens with one attached hydrogen (secondary N) is 1. The predicted molar refractivity (Wildman–Crippen MR) is 70.3 cm³/mol. The molecule has 19 heavy (non-hydrogen) atoms. The third kappa shape index (κ3) is 4.19. The van der Waals surface area contributed by atoms with E-state index in [0.717, 1.165) is 32.4 Å². The van der Waals surface area contributed by atoms with Gasteiger partial charge in [0.2, 0.25) is 0 Å². The highest BCUT2D eigenvalue weighted by atomic mass is 19.1. The van der Waals surface area contributed by atoms with Gasteiger partial charge in [0.05, 0.1) is 18.4 Å². The Morgan fingerprint density at radius 3 is 2.63 bits per heavy atom. The molecular formula is C14H19F2NO2. The van der Waals surface area contributed by atoms with Crippen LogP contribution in [0.4, 0.5) is 14.5 Å². The van der Waals surface area contributed by atoms with Crippen LogP contribution in [0.25, 0.3) is 0 Å². The van der Waals surface area contributed by atoms with Crippen LogP contribution in [0.15, 0.2) is 12.1 Å². The van der Waals surface area contributed by atoms with E-state index >= 15 is 0 Å². The largest absolute Gasteiger partial charge is 0.465 e. The van der Waals surface area contributed by atoms with Gasteiger partial charge in [-0.1, -0.05) is 19.8 Å². The first-order valence-corrected chi connectivity index (χ1v) is 6.33. The molecule has 1 aromatic rings. The van der Waals surface area contributed by atoms with E-state index in [-0.39, 0.29) is 17.3 Å². The molecular weight excluding hydrogens is 252 g/mol. The minimum atomic E-state index is -0.920. The van der Waals surface area contributed by atoms with Crippen molar-refractivity contribution in [3.8, 4) is 0 Å². The SMILES string of the molecule is CCCCC(C)Nc1cc(C(=O)OC)c(F)cc1F. The van der Waals surface area contributed by atoms with Crippen molar-refractivity contribution in [2.24, 2.45) is 0 Å². The van der Waals surface area contributed by atoms with Crippen LogP contribution in [0, 0.1) is 11.6 Å². The van der Waals surface area contributed by atoms with Crippen LogP contribution >= 0.6 is 0 Å². The molecule has 0 aliphatic heterocycles. The summed E-state index contributed by atoms with van der Waals surface area (Å²) in [6.07, 6.45) is 2.94. The molecule has 0 heterocycles. The molecule has 0 saturated heterocycles. The lowest BCUT2D eigenvalue weighted by Gasteiger charge is -2.16. The summed E-state index contributed by atoms with van der Waals surface area (Å²) in [6.45, 7) is 3.98. The van der Waals surface area contributed by atoms with Gasteiger partial charge in [0.15, 0.2) is 0 Å². The summed E-state index contributed by atoms with van der Waals surface area (Å²) >= 11 is 0. The Bertz CT molecular complexity index is 449. The molecule has 1 N–H and O–H groups in total. The summed E-state index contributed by atoms with van der Waals surface area (Å²) in [5.41, 5.74) is -0.153. The summed E-state index contributed by atoms with van der Waals surface area (Å²) in [6, 6.07) is 1.89. The predicted octanol–water partition coefficient (Wildman–Crippen LogP) is 3.74. The molecule has 0 fully saturated rings. The average molecular weight is 271 g/mol. The number of carbonyl (C=O) groups is 1. The summed E-state index contributed by atoms with van der Waals surface area (Å²) < 4.78 is 31.5. The third-order valence-corrected chi connectivity index (χ3v) is 2.85. The number of unbranched alkanes of at least 4 members (excludes halogenated alkanes) is 1. The maximum Gasteiger partial charge on any atom is 0.340 e. The van der Waals surface area contributed by atoms with E-state index in [1.54, 1.807) is 0 Å². The van der Waals surface area contributed by atoms with Crippen LogP contribution in [0.1, 0.15) is 43.5 Å². The normalized spacial score (nSPS) is 12.1. The summed E-state index contributed by atoms with van der Waals surface area (Å²) in [7, 11) is 1.15. The Morgan fingerprint density at radius 2 is 2.05 bits per heavy atom. The maximum atomic E-state index is 13.6. The van der Waals surface area contributed by atoms with Gasteiger partial charge in [0, 0.05) is 12.1 Å². The number of halogens is 2. The van der Waals surface area contributed by atoms with Crippen molar-refractivity contribution in [1.82, 2.24) is 0 Å². The fourth-order valence-corrected chi connectivity index (χ4v) is 1.77. The summed E-state index contributed by atoms with van der Waals surface area (Å²) in [4.78, 5) is 11.3. The highest BCUT2D eigenvalue weighted by Gasteiger charge is 2.17. The number of hydrogen-bond acceptors (Lipinski definition) is 3. The molecule has 0 saturated carbocycles. The van der Waals surface area contributed by atoms with Crippen molar-refractivity contribution >= 4 is 11.7 Å². The zero-order valence-electron chi connectivity index (χ0n) is 11.4. The topological polar surface area (TPSA) is 38.3 Å². The zero-order valence-corrected chi connectivity index (χ0v) is 11.4. The molecule has 0 radical (unpaired) electrons. The van der Waals surface area contributed by atoms with Crippen molar-refractivity contribution in [3.63, 3.8) is 0 Å². The van der Waals surface area contributed by atoms with E-state index < -0.39 is 17.6 Å². The smallest absolute Gasteiger partial charge is 0.340 e. The molecule has 0 aliphatic carbocycles. The molecule has 0 spiro atoms. The monoisotopic (exact) mass is 271 g/mol. The van der Waals surface area contributed by atoms with Gasteiger partial charge in [-0.15, -0.1) is 0 Å². The fourth-order valence-electron chi connectivity index (χ4n) is 1.77. The van der Waals surface area contributed by atoms with E-state index in [1.807, 2.05) is 6.92 Å². The minimum Gasteiger partial charge on any atom is -0.465 e. The molecule has 106 valence electrons. The van der Waals surface area contributed by atoms with Crippen molar-refractivity contribution < 1.29 is 18.3 Å². The van der Waals surface area contributed by atoms with Gasteiger partial charge in [0.1, 0.15) is 11.6 Å². The Kier molecular flexibility index (Phi) is 5.73. The zero-order chi connectivity index (χ0) is 14.4. The van der Waals surface area contributed by atoms with Gasteiger partial charge < -0.3 is 10.1 Å². The summed E-state index contributed by atoms with van der Waals surface area (Å²) in [5, 5.41) is 2.94. The number of rotatable bonds is 6. The highest BCUT2D eigenvalue weighted by Crippen LogP contribution is 2.21. The van der Waals surface area contributed by atoms with Gasteiger partial charge in [0.25, 0.3) is 0 Å².